The van der Waals surface area contributed by atoms with Crippen molar-refractivity contribution < 1.29 is 32.6 Å². The largest absolute Gasteiger partial charge is 0.481 e. The number of Topliss-reactive ketones (excluding diaryl/α,β-unsaturated/α-hetero) is 1. The minimum atomic E-state index is -4.62. The number of ether oxygens (including phenoxy) is 1. The molecular weight excluding hydrogens is 305 g/mol. The summed E-state index contributed by atoms with van der Waals surface area (Å²) in [6.45, 7) is 0. The average molecular weight is 316 g/mol. The van der Waals surface area contributed by atoms with Crippen molar-refractivity contribution >= 4 is 17.3 Å². The van der Waals surface area contributed by atoms with E-state index in [-0.39, 0.29) is 24.2 Å². The van der Waals surface area contributed by atoms with Crippen LogP contribution >= 0.6 is 0 Å². The van der Waals surface area contributed by atoms with Crippen molar-refractivity contribution in [3.8, 4) is 5.88 Å². The lowest BCUT2D eigenvalue weighted by molar-refractivity contribution is -0.149. The summed E-state index contributed by atoms with van der Waals surface area (Å²) in [6.07, 6.45) is -4.95. The molecule has 0 aliphatic carbocycles. The van der Waals surface area contributed by atoms with E-state index in [2.05, 4.69) is 5.10 Å². The number of pyridine rings is 1. The Kier molecular flexibility index (Phi) is 4.07. The highest BCUT2D eigenvalue weighted by atomic mass is 19.4. The van der Waals surface area contributed by atoms with E-state index in [1.165, 1.54) is 19.2 Å². The fourth-order valence-electron chi connectivity index (χ4n) is 1.97. The minimum absolute atomic E-state index is 0.0123. The Morgan fingerprint density at radius 2 is 2.05 bits per heavy atom. The number of hydrogen-bond donors (Lipinski definition) is 1. The fraction of sp³-hybridized carbons (Fsp3) is 0.308. The molecule has 0 atom stereocenters. The van der Waals surface area contributed by atoms with E-state index in [0.717, 1.165) is 10.6 Å². The molecule has 0 aliphatic rings. The van der Waals surface area contributed by atoms with Gasteiger partial charge >= 0.3 is 12.1 Å². The maximum atomic E-state index is 12.8. The zero-order chi connectivity index (χ0) is 16.5. The molecule has 118 valence electrons. The number of carboxylic acid groups (broad SMARTS) is 1. The maximum absolute atomic E-state index is 12.8. The summed E-state index contributed by atoms with van der Waals surface area (Å²) in [4.78, 5) is 21.6. The first-order valence-electron chi connectivity index (χ1n) is 6.13. The monoisotopic (exact) mass is 316 g/mol. The number of carbonyl (C=O) groups excluding carboxylic acids is 1. The van der Waals surface area contributed by atoms with Gasteiger partial charge in [0, 0.05) is 12.5 Å². The molecule has 22 heavy (non-hydrogen) atoms. The molecule has 0 bridgehead atoms. The highest BCUT2D eigenvalue weighted by Crippen LogP contribution is 2.31. The van der Waals surface area contributed by atoms with Crippen LogP contribution in [0.3, 0.4) is 0 Å². The van der Waals surface area contributed by atoms with Gasteiger partial charge in [-0.05, 0) is 18.1 Å². The summed E-state index contributed by atoms with van der Waals surface area (Å²) >= 11 is 0. The van der Waals surface area contributed by atoms with Crippen molar-refractivity contribution in [3.05, 3.63) is 29.5 Å². The molecule has 0 radical (unpaired) electrons. The van der Waals surface area contributed by atoms with Crippen LogP contribution in [0.5, 0.6) is 5.88 Å². The molecule has 6 nitrogen and oxygen atoms in total. The quantitative estimate of drug-likeness (QED) is 0.853. The van der Waals surface area contributed by atoms with E-state index in [4.69, 9.17) is 9.84 Å². The van der Waals surface area contributed by atoms with Crippen LogP contribution in [0.15, 0.2) is 18.2 Å². The number of ketones is 1. The third-order valence-electron chi connectivity index (χ3n) is 3.03. The number of aliphatic carboxylic acids is 1. The number of hydrogen-bond acceptors (Lipinski definition) is 4. The van der Waals surface area contributed by atoms with Crippen LogP contribution in [-0.2, 0) is 22.2 Å². The van der Waals surface area contributed by atoms with Crippen molar-refractivity contribution in [2.45, 2.75) is 19.0 Å². The highest BCUT2D eigenvalue weighted by Gasteiger charge is 2.34. The number of aromatic nitrogens is 2. The van der Waals surface area contributed by atoms with Crippen LogP contribution in [0.4, 0.5) is 13.2 Å². The topological polar surface area (TPSA) is 80.9 Å². The lowest BCUT2D eigenvalue weighted by Crippen LogP contribution is -2.13. The zero-order valence-corrected chi connectivity index (χ0v) is 11.3. The molecule has 0 saturated carbocycles. The highest BCUT2D eigenvalue weighted by molar-refractivity contribution is 6.32. The van der Waals surface area contributed by atoms with Gasteiger partial charge in [0.1, 0.15) is 0 Å². The molecule has 1 N–H and O–H groups in total. The standard InChI is InChI=1S/C13H11F3N2O4/c1-22-11-5-3-7(2-4-9(19)12(20)21)8-6-10(13(14,15)16)17-18(8)11/h3,5-6H,2,4H2,1H3,(H,20,21). The van der Waals surface area contributed by atoms with E-state index in [0.29, 0.717) is 5.56 Å². The molecule has 0 unspecified atom stereocenters. The van der Waals surface area contributed by atoms with Gasteiger partial charge in [-0.3, -0.25) is 4.79 Å². The van der Waals surface area contributed by atoms with Gasteiger partial charge < -0.3 is 9.84 Å². The number of aryl methyl sites for hydroxylation is 1. The van der Waals surface area contributed by atoms with Crippen LogP contribution in [0.25, 0.3) is 5.52 Å². The number of methoxy groups -OCH3 is 1. The summed E-state index contributed by atoms with van der Waals surface area (Å²) in [7, 11) is 1.29. The Hall–Kier alpha value is -2.58. The molecule has 0 saturated heterocycles. The number of carboxylic acids is 1. The molecule has 2 aromatic rings. The van der Waals surface area contributed by atoms with Gasteiger partial charge in [-0.15, -0.1) is 0 Å². The number of carbonyl (C=O) groups is 2. The molecule has 9 heteroatoms. The van der Waals surface area contributed by atoms with Crippen LogP contribution in [0, 0.1) is 0 Å². The number of fused-ring (bicyclic) bond motifs is 1. The van der Waals surface area contributed by atoms with Crippen LogP contribution < -0.4 is 4.74 Å². The third-order valence-corrected chi connectivity index (χ3v) is 3.03. The average Bonchev–Trinajstić information content (AvgIpc) is 2.89. The molecule has 2 aromatic heterocycles. The van der Waals surface area contributed by atoms with Crippen molar-refractivity contribution in [2.24, 2.45) is 0 Å². The van der Waals surface area contributed by atoms with E-state index in [1.54, 1.807) is 0 Å². The summed E-state index contributed by atoms with van der Waals surface area (Å²) < 4.78 is 44.2. The number of alkyl halides is 3. The van der Waals surface area contributed by atoms with Gasteiger partial charge in [0.05, 0.1) is 12.6 Å². The predicted octanol–water partition coefficient (Wildman–Crippen LogP) is 1.95. The molecule has 0 aromatic carbocycles. The van der Waals surface area contributed by atoms with E-state index >= 15 is 0 Å². The smallest absolute Gasteiger partial charge is 0.435 e. The van der Waals surface area contributed by atoms with Crippen molar-refractivity contribution in [3.63, 3.8) is 0 Å². The van der Waals surface area contributed by atoms with Gasteiger partial charge in [0.25, 0.3) is 0 Å². The number of halogens is 3. The Labute approximate surface area is 122 Å². The van der Waals surface area contributed by atoms with Crippen LogP contribution in [-0.4, -0.2) is 33.6 Å². The molecule has 0 aliphatic heterocycles. The predicted molar refractivity (Wildman–Crippen MR) is 67.7 cm³/mol. The summed E-state index contributed by atoms with van der Waals surface area (Å²) in [6, 6.07) is 3.72. The Balaban J connectivity index is 2.45. The van der Waals surface area contributed by atoms with Crippen molar-refractivity contribution in [1.29, 1.82) is 0 Å². The SMILES string of the molecule is COc1ccc(CCC(=O)C(=O)O)c2cc(C(F)(F)F)nn12. The molecule has 2 rings (SSSR count). The normalized spacial score (nSPS) is 11.6. The molecule has 2 heterocycles. The van der Waals surface area contributed by atoms with Gasteiger partial charge in [-0.1, -0.05) is 6.07 Å². The lowest BCUT2D eigenvalue weighted by atomic mass is 10.1. The molecule has 0 fully saturated rings. The third kappa shape index (κ3) is 3.02. The van der Waals surface area contributed by atoms with Gasteiger partial charge in [-0.2, -0.15) is 18.3 Å². The first-order chi connectivity index (χ1) is 10.2. The second-order valence-corrected chi connectivity index (χ2v) is 4.45. The van der Waals surface area contributed by atoms with E-state index in [1.807, 2.05) is 0 Å². The number of rotatable bonds is 5. The van der Waals surface area contributed by atoms with Crippen LogP contribution in [0.2, 0.25) is 0 Å². The first-order valence-corrected chi connectivity index (χ1v) is 6.13. The zero-order valence-electron chi connectivity index (χ0n) is 11.3. The Bertz CT molecular complexity index is 737. The molecule has 0 amide bonds. The van der Waals surface area contributed by atoms with Crippen molar-refractivity contribution in [1.82, 2.24) is 9.61 Å². The van der Waals surface area contributed by atoms with Gasteiger partial charge in [0.2, 0.25) is 11.7 Å². The second kappa shape index (κ2) is 5.66. The summed E-state index contributed by atoms with van der Waals surface area (Å²) in [5.74, 6) is -2.49. The Morgan fingerprint density at radius 3 is 2.59 bits per heavy atom. The maximum Gasteiger partial charge on any atom is 0.435 e. The second-order valence-electron chi connectivity index (χ2n) is 4.45. The van der Waals surface area contributed by atoms with Gasteiger partial charge in [-0.25, -0.2) is 9.31 Å². The Morgan fingerprint density at radius 1 is 1.36 bits per heavy atom. The van der Waals surface area contributed by atoms with Gasteiger partial charge in [0.15, 0.2) is 5.69 Å². The molecular formula is C13H11F3N2O4. The summed E-state index contributed by atoms with van der Waals surface area (Å²) in [5.41, 5.74) is -0.605. The minimum Gasteiger partial charge on any atom is -0.481 e. The molecule has 0 spiro atoms. The van der Waals surface area contributed by atoms with E-state index in [9.17, 15) is 22.8 Å². The van der Waals surface area contributed by atoms with E-state index < -0.39 is 23.6 Å². The number of nitrogens with zero attached hydrogens (tertiary/aromatic N) is 2. The lowest BCUT2D eigenvalue weighted by Gasteiger charge is -2.07. The fourth-order valence-corrected chi connectivity index (χ4v) is 1.97. The summed E-state index contributed by atoms with van der Waals surface area (Å²) in [5, 5.41) is 12.0. The van der Waals surface area contributed by atoms with Crippen molar-refractivity contribution in [2.75, 3.05) is 7.11 Å². The first kappa shape index (κ1) is 15.8. The van der Waals surface area contributed by atoms with Crippen LogP contribution in [0.1, 0.15) is 17.7 Å².